The first-order valence-electron chi connectivity index (χ1n) is 11.9. The van der Waals surface area contributed by atoms with Gasteiger partial charge in [-0.1, -0.05) is 36.4 Å². The maximum Gasteiger partial charge on any atom is 0.336 e. The Hall–Kier alpha value is -3.88. The third-order valence-corrected chi connectivity index (χ3v) is 6.17. The zero-order chi connectivity index (χ0) is 25.0. The molecule has 0 bridgehead atoms. The number of fused-ring (bicyclic) bond motifs is 1. The highest BCUT2D eigenvalue weighted by Gasteiger charge is 2.42. The number of hydrogen-bond acceptors (Lipinski definition) is 7. The van der Waals surface area contributed by atoms with Gasteiger partial charge in [0.15, 0.2) is 11.2 Å². The average Bonchev–Trinajstić information content (AvgIpc) is 3.55. The molecule has 2 N–H and O–H groups in total. The Kier molecular flexibility index (Phi) is 6.88. The minimum atomic E-state index is -1.19. The number of nitrogens with zero attached hydrogens (tertiary/aromatic N) is 1. The van der Waals surface area contributed by atoms with Crippen LogP contribution < -0.4 is 9.47 Å². The SMILES string of the molecule is O=C(O)C1(Cc2cccc(OC[C@@H](O)COc3ccccc3-c3nc4ccccc4o3)c2)CCCO1. The summed E-state index contributed by atoms with van der Waals surface area (Å²) in [5.41, 5.74) is 1.75. The Morgan fingerprint density at radius 2 is 1.83 bits per heavy atom. The number of benzene rings is 3. The smallest absolute Gasteiger partial charge is 0.336 e. The summed E-state index contributed by atoms with van der Waals surface area (Å²) in [6.45, 7) is 0.464. The molecule has 0 saturated carbocycles. The first kappa shape index (κ1) is 23.8. The van der Waals surface area contributed by atoms with Crippen molar-refractivity contribution in [3.8, 4) is 23.0 Å². The molecule has 1 fully saturated rings. The topological polar surface area (TPSA) is 111 Å². The number of rotatable bonds is 10. The molecular weight excluding hydrogens is 462 g/mol. The molecule has 1 aliphatic heterocycles. The number of carbonyl (C=O) groups is 1. The zero-order valence-corrected chi connectivity index (χ0v) is 19.6. The highest BCUT2D eigenvalue weighted by molar-refractivity contribution is 5.78. The van der Waals surface area contributed by atoms with Crippen LogP contribution in [0.2, 0.25) is 0 Å². The first-order chi connectivity index (χ1) is 17.5. The lowest BCUT2D eigenvalue weighted by Crippen LogP contribution is -2.40. The van der Waals surface area contributed by atoms with E-state index in [2.05, 4.69) is 4.98 Å². The lowest BCUT2D eigenvalue weighted by Gasteiger charge is -2.23. The molecule has 2 atom stereocenters. The monoisotopic (exact) mass is 489 g/mol. The minimum absolute atomic E-state index is 0.00684. The molecule has 2 heterocycles. The molecule has 186 valence electrons. The van der Waals surface area contributed by atoms with Gasteiger partial charge in [0.25, 0.3) is 0 Å². The van der Waals surface area contributed by atoms with E-state index in [1.165, 1.54) is 0 Å². The number of carboxylic acids is 1. The zero-order valence-electron chi connectivity index (χ0n) is 19.6. The maximum absolute atomic E-state index is 11.8. The highest BCUT2D eigenvalue weighted by atomic mass is 16.5. The van der Waals surface area contributed by atoms with Crippen LogP contribution in [0.4, 0.5) is 0 Å². The van der Waals surface area contributed by atoms with Crippen molar-refractivity contribution in [2.45, 2.75) is 31.0 Å². The fourth-order valence-corrected chi connectivity index (χ4v) is 4.34. The maximum atomic E-state index is 11.8. The van der Waals surface area contributed by atoms with E-state index in [4.69, 9.17) is 18.6 Å². The molecule has 8 heteroatoms. The Morgan fingerprint density at radius 3 is 2.64 bits per heavy atom. The van der Waals surface area contributed by atoms with Crippen molar-refractivity contribution in [1.29, 1.82) is 0 Å². The summed E-state index contributed by atoms with van der Waals surface area (Å²) in [6.07, 6.45) is 0.574. The van der Waals surface area contributed by atoms with Gasteiger partial charge < -0.3 is 28.8 Å². The molecule has 3 aromatic carbocycles. The predicted molar refractivity (Wildman–Crippen MR) is 132 cm³/mol. The van der Waals surface area contributed by atoms with Crippen molar-refractivity contribution >= 4 is 17.1 Å². The van der Waals surface area contributed by atoms with E-state index in [1.807, 2.05) is 48.5 Å². The second-order valence-corrected chi connectivity index (χ2v) is 8.83. The van der Waals surface area contributed by atoms with Gasteiger partial charge >= 0.3 is 5.97 Å². The summed E-state index contributed by atoms with van der Waals surface area (Å²) in [5, 5.41) is 20.1. The molecule has 5 rings (SSSR count). The number of aromatic nitrogens is 1. The molecule has 36 heavy (non-hydrogen) atoms. The molecule has 1 aromatic heterocycles. The van der Waals surface area contributed by atoms with E-state index in [1.54, 1.807) is 24.3 Å². The predicted octanol–water partition coefficient (Wildman–Crippen LogP) is 4.49. The highest BCUT2D eigenvalue weighted by Crippen LogP contribution is 2.32. The number of para-hydroxylation sites is 3. The van der Waals surface area contributed by atoms with E-state index in [0.29, 0.717) is 41.6 Å². The van der Waals surface area contributed by atoms with Crippen LogP contribution in [-0.2, 0) is 16.0 Å². The van der Waals surface area contributed by atoms with Gasteiger partial charge in [0, 0.05) is 13.0 Å². The van der Waals surface area contributed by atoms with E-state index in [9.17, 15) is 15.0 Å². The number of oxazole rings is 1. The third kappa shape index (κ3) is 5.19. The molecule has 0 aliphatic carbocycles. The van der Waals surface area contributed by atoms with Crippen LogP contribution >= 0.6 is 0 Å². The molecule has 8 nitrogen and oxygen atoms in total. The third-order valence-electron chi connectivity index (χ3n) is 6.17. The molecule has 1 saturated heterocycles. The number of carboxylic acid groups (broad SMARTS) is 1. The lowest BCUT2D eigenvalue weighted by molar-refractivity contribution is -0.159. The number of aliphatic carboxylic acids is 1. The molecular formula is C28H27NO7. The normalized spacial score (nSPS) is 18.2. The van der Waals surface area contributed by atoms with Crippen LogP contribution in [-0.4, -0.2) is 52.7 Å². The number of ether oxygens (including phenoxy) is 3. The molecule has 1 aliphatic rings. The number of hydrogen-bond donors (Lipinski definition) is 2. The van der Waals surface area contributed by atoms with Crippen LogP contribution in [0.5, 0.6) is 11.5 Å². The first-order valence-corrected chi connectivity index (χ1v) is 11.9. The summed E-state index contributed by atoms with van der Waals surface area (Å²) in [4.78, 5) is 16.3. The lowest BCUT2D eigenvalue weighted by atomic mass is 9.91. The molecule has 0 amide bonds. The molecule has 0 spiro atoms. The van der Waals surface area contributed by atoms with Crippen LogP contribution in [0.3, 0.4) is 0 Å². The van der Waals surface area contributed by atoms with Crippen LogP contribution in [0.25, 0.3) is 22.6 Å². The Balaban J connectivity index is 1.19. The standard InChI is InChI=1S/C28H27NO7/c30-20(17-33-21-8-5-7-19(15-21)16-28(27(31)32)13-6-14-35-28)18-34-24-11-3-1-9-22(24)26-29-23-10-2-4-12-25(23)36-26/h1-5,7-12,15,20,30H,6,13-14,16-18H2,(H,31,32)/t20-,28?/m1/s1. The van der Waals surface area contributed by atoms with Crippen LogP contribution in [0, 0.1) is 0 Å². The van der Waals surface area contributed by atoms with Gasteiger partial charge in [0.05, 0.1) is 5.56 Å². The van der Waals surface area contributed by atoms with Gasteiger partial charge in [-0.3, -0.25) is 0 Å². The van der Waals surface area contributed by atoms with E-state index in [-0.39, 0.29) is 19.6 Å². The van der Waals surface area contributed by atoms with Crippen molar-refractivity contribution in [3.63, 3.8) is 0 Å². The van der Waals surface area contributed by atoms with Crippen molar-refractivity contribution in [2.75, 3.05) is 19.8 Å². The number of aliphatic hydroxyl groups is 1. The Morgan fingerprint density at radius 1 is 1.03 bits per heavy atom. The van der Waals surface area contributed by atoms with Gasteiger partial charge in [-0.25, -0.2) is 9.78 Å². The second-order valence-electron chi connectivity index (χ2n) is 8.83. The summed E-state index contributed by atoms with van der Waals surface area (Å²) in [6, 6.07) is 22.1. The van der Waals surface area contributed by atoms with Crippen LogP contribution in [0.15, 0.2) is 77.2 Å². The number of aliphatic hydroxyl groups excluding tert-OH is 1. The van der Waals surface area contributed by atoms with Crippen molar-refractivity contribution in [2.24, 2.45) is 0 Å². The fourth-order valence-electron chi connectivity index (χ4n) is 4.34. The Labute approximate surface area is 208 Å². The largest absolute Gasteiger partial charge is 0.491 e. The molecule has 1 unspecified atom stereocenters. The van der Waals surface area contributed by atoms with Gasteiger partial charge in [0.1, 0.15) is 36.3 Å². The summed E-state index contributed by atoms with van der Waals surface area (Å²) < 4.78 is 23.1. The molecule has 4 aromatic rings. The van der Waals surface area contributed by atoms with Gasteiger partial charge in [0.2, 0.25) is 5.89 Å². The van der Waals surface area contributed by atoms with Crippen LogP contribution in [0.1, 0.15) is 18.4 Å². The summed E-state index contributed by atoms with van der Waals surface area (Å²) in [7, 11) is 0. The van der Waals surface area contributed by atoms with Crippen molar-refractivity contribution < 1.29 is 33.6 Å². The minimum Gasteiger partial charge on any atom is -0.491 e. The second kappa shape index (κ2) is 10.4. The summed E-state index contributed by atoms with van der Waals surface area (Å²) in [5.74, 6) is 0.578. The van der Waals surface area contributed by atoms with E-state index >= 15 is 0 Å². The van der Waals surface area contributed by atoms with Gasteiger partial charge in [-0.2, -0.15) is 0 Å². The van der Waals surface area contributed by atoms with E-state index < -0.39 is 17.7 Å². The van der Waals surface area contributed by atoms with Gasteiger partial charge in [-0.15, -0.1) is 0 Å². The van der Waals surface area contributed by atoms with E-state index in [0.717, 1.165) is 17.5 Å². The quantitative estimate of drug-likeness (QED) is 0.335. The average molecular weight is 490 g/mol. The Bertz CT molecular complexity index is 1310. The summed E-state index contributed by atoms with van der Waals surface area (Å²) >= 11 is 0. The van der Waals surface area contributed by atoms with Gasteiger partial charge in [-0.05, 0) is 54.8 Å². The molecule has 0 radical (unpaired) electrons. The van der Waals surface area contributed by atoms with Crippen molar-refractivity contribution in [1.82, 2.24) is 4.98 Å². The fraction of sp³-hybridized carbons (Fsp3) is 0.286. The van der Waals surface area contributed by atoms with Crippen molar-refractivity contribution in [3.05, 3.63) is 78.4 Å².